The summed E-state index contributed by atoms with van der Waals surface area (Å²) in [6.07, 6.45) is 0. The SMILES string of the molecule is CC(CO)CNCC(C)c1cccc(Br)c1. The van der Waals surface area contributed by atoms with Crippen molar-refractivity contribution in [3.05, 3.63) is 34.3 Å². The van der Waals surface area contributed by atoms with Crippen LogP contribution in [0.5, 0.6) is 0 Å². The monoisotopic (exact) mass is 285 g/mol. The van der Waals surface area contributed by atoms with Gasteiger partial charge in [0.2, 0.25) is 0 Å². The van der Waals surface area contributed by atoms with E-state index in [1.54, 1.807) is 0 Å². The van der Waals surface area contributed by atoms with Gasteiger partial charge in [0.05, 0.1) is 0 Å². The van der Waals surface area contributed by atoms with Gasteiger partial charge < -0.3 is 10.4 Å². The lowest BCUT2D eigenvalue weighted by atomic mass is 10.0. The Hall–Kier alpha value is -0.380. The third kappa shape index (κ3) is 4.64. The summed E-state index contributed by atoms with van der Waals surface area (Å²) in [6.45, 7) is 6.31. The Bertz CT molecular complexity index is 317. The van der Waals surface area contributed by atoms with Gasteiger partial charge in [0.25, 0.3) is 0 Å². The lowest BCUT2D eigenvalue weighted by molar-refractivity contribution is 0.233. The van der Waals surface area contributed by atoms with Gasteiger partial charge in [-0.2, -0.15) is 0 Å². The molecule has 0 aliphatic heterocycles. The third-order valence-corrected chi connectivity index (χ3v) is 3.17. The topological polar surface area (TPSA) is 32.3 Å². The van der Waals surface area contributed by atoms with E-state index in [1.807, 2.05) is 13.0 Å². The minimum absolute atomic E-state index is 0.248. The molecule has 1 rings (SSSR count). The van der Waals surface area contributed by atoms with E-state index in [0.29, 0.717) is 11.8 Å². The zero-order valence-corrected chi connectivity index (χ0v) is 11.5. The first-order valence-corrected chi connectivity index (χ1v) is 6.49. The Balaban J connectivity index is 2.38. The molecule has 2 unspecified atom stereocenters. The highest BCUT2D eigenvalue weighted by molar-refractivity contribution is 9.10. The van der Waals surface area contributed by atoms with E-state index in [9.17, 15) is 0 Å². The zero-order valence-electron chi connectivity index (χ0n) is 9.91. The molecule has 3 heteroatoms. The van der Waals surface area contributed by atoms with E-state index in [4.69, 9.17) is 5.11 Å². The second-order valence-electron chi connectivity index (χ2n) is 4.40. The molecule has 2 nitrogen and oxygen atoms in total. The summed E-state index contributed by atoms with van der Waals surface area (Å²) in [4.78, 5) is 0. The molecule has 0 aliphatic rings. The normalized spacial score (nSPS) is 14.8. The molecule has 1 aromatic carbocycles. The van der Waals surface area contributed by atoms with Gasteiger partial charge in [-0.25, -0.2) is 0 Å². The number of halogens is 1. The fourth-order valence-corrected chi connectivity index (χ4v) is 1.96. The predicted molar refractivity (Wildman–Crippen MR) is 71.7 cm³/mol. The van der Waals surface area contributed by atoms with Crippen LogP contribution in [0.1, 0.15) is 25.3 Å². The molecule has 0 spiro atoms. The van der Waals surface area contributed by atoms with Gasteiger partial charge in [-0.15, -0.1) is 0 Å². The number of rotatable bonds is 6. The molecular formula is C13H20BrNO. The van der Waals surface area contributed by atoms with Crippen molar-refractivity contribution in [2.75, 3.05) is 19.7 Å². The number of hydrogen-bond acceptors (Lipinski definition) is 2. The number of aliphatic hydroxyl groups is 1. The Morgan fingerprint density at radius 3 is 2.69 bits per heavy atom. The van der Waals surface area contributed by atoms with Crippen LogP contribution < -0.4 is 5.32 Å². The molecule has 16 heavy (non-hydrogen) atoms. The predicted octanol–water partition coefficient (Wildman–Crippen LogP) is 2.77. The molecule has 0 aromatic heterocycles. The summed E-state index contributed by atoms with van der Waals surface area (Å²) in [5, 5.41) is 12.3. The molecule has 0 bridgehead atoms. The molecule has 0 saturated carbocycles. The van der Waals surface area contributed by atoms with Crippen molar-refractivity contribution in [2.24, 2.45) is 5.92 Å². The van der Waals surface area contributed by atoms with Gasteiger partial charge in [0.15, 0.2) is 0 Å². The highest BCUT2D eigenvalue weighted by Gasteiger charge is 2.06. The van der Waals surface area contributed by atoms with Crippen LogP contribution in [0.2, 0.25) is 0 Å². The number of aliphatic hydroxyl groups excluding tert-OH is 1. The van der Waals surface area contributed by atoms with Crippen LogP contribution in [0.4, 0.5) is 0 Å². The van der Waals surface area contributed by atoms with Crippen LogP contribution in [0.15, 0.2) is 28.7 Å². The van der Waals surface area contributed by atoms with Crippen LogP contribution >= 0.6 is 15.9 Å². The van der Waals surface area contributed by atoms with E-state index in [1.165, 1.54) is 5.56 Å². The average Bonchev–Trinajstić information content (AvgIpc) is 2.28. The van der Waals surface area contributed by atoms with Gasteiger partial charge in [0, 0.05) is 17.6 Å². The van der Waals surface area contributed by atoms with E-state index < -0.39 is 0 Å². The van der Waals surface area contributed by atoms with Crippen LogP contribution in [0.3, 0.4) is 0 Å². The second kappa shape index (κ2) is 7.05. The minimum Gasteiger partial charge on any atom is -0.396 e. The average molecular weight is 286 g/mol. The van der Waals surface area contributed by atoms with Crippen molar-refractivity contribution in [1.29, 1.82) is 0 Å². The van der Waals surface area contributed by atoms with Crippen molar-refractivity contribution in [1.82, 2.24) is 5.32 Å². The summed E-state index contributed by atoms with van der Waals surface area (Å²) < 4.78 is 1.13. The molecule has 2 N–H and O–H groups in total. The van der Waals surface area contributed by atoms with Crippen molar-refractivity contribution in [2.45, 2.75) is 19.8 Å². The van der Waals surface area contributed by atoms with Crippen molar-refractivity contribution >= 4 is 15.9 Å². The molecule has 90 valence electrons. The maximum atomic E-state index is 8.91. The highest BCUT2D eigenvalue weighted by atomic mass is 79.9. The van der Waals surface area contributed by atoms with Crippen LogP contribution in [0, 0.1) is 5.92 Å². The minimum atomic E-state index is 0.248. The third-order valence-electron chi connectivity index (χ3n) is 2.67. The van der Waals surface area contributed by atoms with E-state index in [2.05, 4.69) is 46.4 Å². The van der Waals surface area contributed by atoms with Crippen LogP contribution in [-0.4, -0.2) is 24.8 Å². The van der Waals surface area contributed by atoms with Gasteiger partial charge in [-0.05, 0) is 36.1 Å². The van der Waals surface area contributed by atoms with E-state index >= 15 is 0 Å². The first-order valence-electron chi connectivity index (χ1n) is 5.70. The van der Waals surface area contributed by atoms with Gasteiger partial charge in [-0.3, -0.25) is 0 Å². The molecule has 0 heterocycles. The summed E-state index contributed by atoms with van der Waals surface area (Å²) >= 11 is 3.48. The number of hydrogen-bond donors (Lipinski definition) is 2. The number of benzene rings is 1. The van der Waals surface area contributed by atoms with Crippen molar-refractivity contribution < 1.29 is 5.11 Å². The fraction of sp³-hybridized carbons (Fsp3) is 0.538. The fourth-order valence-electron chi connectivity index (χ4n) is 1.54. The van der Waals surface area contributed by atoms with Crippen LogP contribution in [-0.2, 0) is 0 Å². The van der Waals surface area contributed by atoms with Crippen molar-refractivity contribution in [3.8, 4) is 0 Å². The van der Waals surface area contributed by atoms with Gasteiger partial charge >= 0.3 is 0 Å². The summed E-state index contributed by atoms with van der Waals surface area (Å²) in [7, 11) is 0. The Kier molecular flexibility index (Phi) is 6.03. The summed E-state index contributed by atoms with van der Waals surface area (Å²) in [5.41, 5.74) is 1.33. The number of nitrogens with one attached hydrogen (secondary N) is 1. The molecule has 0 radical (unpaired) electrons. The highest BCUT2D eigenvalue weighted by Crippen LogP contribution is 2.18. The largest absolute Gasteiger partial charge is 0.396 e. The zero-order chi connectivity index (χ0) is 12.0. The first kappa shape index (κ1) is 13.7. The molecule has 0 fully saturated rings. The Labute approximate surface area is 106 Å². The maximum Gasteiger partial charge on any atom is 0.0468 e. The smallest absolute Gasteiger partial charge is 0.0468 e. The van der Waals surface area contributed by atoms with E-state index in [-0.39, 0.29) is 6.61 Å². The maximum absolute atomic E-state index is 8.91. The Morgan fingerprint density at radius 1 is 1.31 bits per heavy atom. The Morgan fingerprint density at radius 2 is 2.06 bits per heavy atom. The summed E-state index contributed by atoms with van der Waals surface area (Å²) in [6, 6.07) is 8.40. The lowest BCUT2D eigenvalue weighted by Crippen LogP contribution is -2.26. The van der Waals surface area contributed by atoms with Crippen molar-refractivity contribution in [3.63, 3.8) is 0 Å². The van der Waals surface area contributed by atoms with Gasteiger partial charge in [-0.1, -0.05) is 41.9 Å². The molecule has 0 amide bonds. The summed E-state index contributed by atoms with van der Waals surface area (Å²) in [5.74, 6) is 0.818. The standard InChI is InChI=1S/C13H20BrNO/c1-10(9-16)7-15-8-11(2)12-4-3-5-13(14)6-12/h3-6,10-11,15-16H,7-9H2,1-2H3. The van der Waals surface area contributed by atoms with E-state index in [0.717, 1.165) is 17.6 Å². The molecular weight excluding hydrogens is 266 g/mol. The first-order chi connectivity index (χ1) is 7.63. The second-order valence-corrected chi connectivity index (χ2v) is 5.32. The quantitative estimate of drug-likeness (QED) is 0.843. The molecule has 2 atom stereocenters. The molecule has 0 aliphatic carbocycles. The lowest BCUT2D eigenvalue weighted by Gasteiger charge is -2.15. The molecule has 1 aromatic rings. The van der Waals surface area contributed by atoms with Crippen LogP contribution in [0.25, 0.3) is 0 Å². The van der Waals surface area contributed by atoms with Gasteiger partial charge in [0.1, 0.15) is 0 Å². The molecule has 0 saturated heterocycles.